The van der Waals surface area contributed by atoms with Crippen molar-refractivity contribution in [2.45, 2.75) is 0 Å². The van der Waals surface area contributed by atoms with Crippen LogP contribution in [-0.4, -0.2) is 4.57 Å². The van der Waals surface area contributed by atoms with Crippen LogP contribution in [0.25, 0.3) is 104 Å². The smallest absolute Gasteiger partial charge is 0.159 e. The molecule has 0 fully saturated rings. The zero-order chi connectivity index (χ0) is 42.8. The molecule has 0 amide bonds. The summed E-state index contributed by atoms with van der Waals surface area (Å²) in [6.07, 6.45) is 0. The van der Waals surface area contributed by atoms with Gasteiger partial charge in [-0.1, -0.05) is 164 Å². The molecule has 0 atom stereocenters. The number of furan rings is 1. The Morgan fingerprint density at radius 3 is 1.34 bits per heavy atom. The fourth-order valence-corrected chi connectivity index (χ4v) is 9.91. The van der Waals surface area contributed by atoms with Crippen molar-refractivity contribution in [1.82, 2.24) is 4.57 Å². The average molecular weight is 829 g/mol. The molecule has 2 heterocycles. The van der Waals surface area contributed by atoms with E-state index in [2.05, 4.69) is 240 Å². The van der Waals surface area contributed by atoms with Gasteiger partial charge in [-0.2, -0.15) is 0 Å². The Balaban J connectivity index is 0.883. The summed E-state index contributed by atoms with van der Waals surface area (Å²) in [5.41, 5.74) is 15.5. The third-order valence-electron chi connectivity index (χ3n) is 13.2. The number of para-hydroxylation sites is 3. The summed E-state index contributed by atoms with van der Waals surface area (Å²) in [5, 5.41) is 9.65. The Bertz CT molecular complexity index is 3810. The van der Waals surface area contributed by atoms with E-state index in [9.17, 15) is 0 Å². The van der Waals surface area contributed by atoms with E-state index in [4.69, 9.17) is 4.42 Å². The van der Waals surface area contributed by atoms with Crippen LogP contribution in [0.1, 0.15) is 0 Å². The Kier molecular flexibility index (Phi) is 8.53. The Labute approximate surface area is 376 Å². The maximum absolute atomic E-state index is 6.55. The van der Waals surface area contributed by atoms with Crippen LogP contribution in [0.15, 0.2) is 247 Å². The number of hydrogen-bond acceptors (Lipinski definition) is 2. The van der Waals surface area contributed by atoms with Gasteiger partial charge in [0.1, 0.15) is 5.58 Å². The molecule has 3 nitrogen and oxygen atoms in total. The van der Waals surface area contributed by atoms with Crippen molar-refractivity contribution >= 4 is 82.4 Å². The first-order valence-corrected chi connectivity index (χ1v) is 22.2. The van der Waals surface area contributed by atoms with E-state index in [-0.39, 0.29) is 0 Å². The van der Waals surface area contributed by atoms with Gasteiger partial charge < -0.3 is 13.9 Å². The summed E-state index contributed by atoms with van der Waals surface area (Å²) in [6, 6.07) is 87.8. The topological polar surface area (TPSA) is 21.3 Å². The maximum atomic E-state index is 6.55. The molecule has 0 aliphatic rings. The zero-order valence-electron chi connectivity index (χ0n) is 35.4. The van der Waals surface area contributed by atoms with Crippen molar-refractivity contribution < 1.29 is 4.42 Å². The van der Waals surface area contributed by atoms with E-state index in [1.165, 1.54) is 60.1 Å². The van der Waals surface area contributed by atoms with E-state index >= 15 is 0 Å². The summed E-state index contributed by atoms with van der Waals surface area (Å²) >= 11 is 0. The van der Waals surface area contributed by atoms with E-state index in [0.717, 1.165) is 61.3 Å². The number of anilines is 3. The molecule has 13 aromatic rings. The molecule has 0 aliphatic heterocycles. The van der Waals surface area contributed by atoms with Gasteiger partial charge in [0.2, 0.25) is 0 Å². The molecule has 2 aromatic heterocycles. The molecule has 65 heavy (non-hydrogen) atoms. The minimum atomic E-state index is 0.896. The highest BCUT2D eigenvalue weighted by molar-refractivity contribution is 6.13. The Hall–Kier alpha value is -8.66. The quantitative estimate of drug-likeness (QED) is 0.160. The predicted octanol–water partition coefficient (Wildman–Crippen LogP) is 17.5. The number of aromatic nitrogens is 1. The summed E-state index contributed by atoms with van der Waals surface area (Å²) in [6.45, 7) is 0. The van der Waals surface area contributed by atoms with Gasteiger partial charge in [-0.15, -0.1) is 0 Å². The van der Waals surface area contributed by atoms with Gasteiger partial charge in [0, 0.05) is 38.6 Å². The second-order valence-electron chi connectivity index (χ2n) is 16.9. The minimum Gasteiger partial charge on any atom is -0.454 e. The number of benzene rings is 11. The lowest BCUT2D eigenvalue weighted by molar-refractivity contribution is 0.666. The van der Waals surface area contributed by atoms with E-state index in [0.29, 0.717) is 0 Å². The van der Waals surface area contributed by atoms with E-state index in [1.54, 1.807) is 0 Å². The molecular formula is C62H40N2O. The first-order valence-electron chi connectivity index (χ1n) is 22.2. The normalized spacial score (nSPS) is 11.7. The average Bonchev–Trinajstić information content (AvgIpc) is 3.92. The standard InChI is InChI=1S/C62H40N2O/c1-3-12-46-38-48(22-20-41(46)10-1)43-24-31-51(32-25-43)63(52-33-26-44(27-34-52)49-23-21-42-11-2-4-13-47(42)39-49)53-35-28-45(29-36-53)50-30-37-59-57(40-50)54-14-5-7-17-58(54)64(59)60-18-9-16-56-55-15-6-8-19-61(55)65-62(56)60/h1-40H. The molecular weight excluding hydrogens is 789 g/mol. The molecule has 0 saturated heterocycles. The van der Waals surface area contributed by atoms with Crippen molar-refractivity contribution in [1.29, 1.82) is 0 Å². The first-order chi connectivity index (χ1) is 32.2. The lowest BCUT2D eigenvalue weighted by atomic mass is 9.99. The summed E-state index contributed by atoms with van der Waals surface area (Å²) in [5.74, 6) is 0. The van der Waals surface area contributed by atoms with Crippen LogP contribution in [0.5, 0.6) is 0 Å². The number of nitrogens with zero attached hydrogens (tertiary/aromatic N) is 2. The summed E-state index contributed by atoms with van der Waals surface area (Å²) in [7, 11) is 0. The summed E-state index contributed by atoms with van der Waals surface area (Å²) in [4.78, 5) is 2.35. The van der Waals surface area contributed by atoms with Crippen molar-refractivity contribution in [3.63, 3.8) is 0 Å². The molecule has 11 aromatic carbocycles. The highest BCUT2D eigenvalue weighted by atomic mass is 16.3. The van der Waals surface area contributed by atoms with Crippen molar-refractivity contribution in [3.05, 3.63) is 243 Å². The predicted molar refractivity (Wildman–Crippen MR) is 274 cm³/mol. The van der Waals surface area contributed by atoms with Gasteiger partial charge in [-0.05, 0) is 134 Å². The van der Waals surface area contributed by atoms with E-state index < -0.39 is 0 Å². The number of hydrogen-bond donors (Lipinski definition) is 0. The lowest BCUT2D eigenvalue weighted by Crippen LogP contribution is -2.09. The first kappa shape index (κ1) is 36.9. The molecule has 0 saturated carbocycles. The van der Waals surface area contributed by atoms with E-state index in [1.807, 2.05) is 12.1 Å². The van der Waals surface area contributed by atoms with Crippen LogP contribution in [0.3, 0.4) is 0 Å². The largest absolute Gasteiger partial charge is 0.454 e. The van der Waals surface area contributed by atoms with Gasteiger partial charge in [0.15, 0.2) is 5.58 Å². The van der Waals surface area contributed by atoms with Gasteiger partial charge >= 0.3 is 0 Å². The number of rotatable bonds is 7. The summed E-state index contributed by atoms with van der Waals surface area (Å²) < 4.78 is 8.91. The minimum absolute atomic E-state index is 0.896. The van der Waals surface area contributed by atoms with Crippen LogP contribution >= 0.6 is 0 Å². The molecule has 0 unspecified atom stereocenters. The monoisotopic (exact) mass is 828 g/mol. The van der Waals surface area contributed by atoms with Crippen LogP contribution in [0.4, 0.5) is 17.1 Å². The van der Waals surface area contributed by atoms with Crippen LogP contribution in [-0.2, 0) is 0 Å². The van der Waals surface area contributed by atoms with Gasteiger partial charge in [0.25, 0.3) is 0 Å². The molecule has 0 bridgehead atoms. The molecule has 3 heteroatoms. The molecule has 0 N–H and O–H groups in total. The molecule has 0 spiro atoms. The molecule has 13 rings (SSSR count). The second kappa shape index (κ2) is 15.0. The maximum Gasteiger partial charge on any atom is 0.159 e. The van der Waals surface area contributed by atoms with Gasteiger partial charge in [-0.3, -0.25) is 0 Å². The molecule has 304 valence electrons. The Morgan fingerprint density at radius 1 is 0.292 bits per heavy atom. The lowest BCUT2D eigenvalue weighted by Gasteiger charge is -2.26. The van der Waals surface area contributed by atoms with Crippen LogP contribution < -0.4 is 4.90 Å². The fraction of sp³-hybridized carbons (Fsp3) is 0. The van der Waals surface area contributed by atoms with Crippen molar-refractivity contribution in [3.8, 4) is 39.1 Å². The molecule has 0 aliphatic carbocycles. The highest BCUT2D eigenvalue weighted by Gasteiger charge is 2.19. The fourth-order valence-electron chi connectivity index (χ4n) is 9.91. The molecule has 0 radical (unpaired) electrons. The third-order valence-corrected chi connectivity index (χ3v) is 13.2. The van der Waals surface area contributed by atoms with Crippen molar-refractivity contribution in [2.24, 2.45) is 0 Å². The number of fused-ring (bicyclic) bond motifs is 8. The van der Waals surface area contributed by atoms with Crippen molar-refractivity contribution in [2.75, 3.05) is 4.90 Å². The Morgan fingerprint density at radius 2 is 0.738 bits per heavy atom. The highest BCUT2D eigenvalue weighted by Crippen LogP contribution is 2.41. The van der Waals surface area contributed by atoms with Crippen LogP contribution in [0.2, 0.25) is 0 Å². The van der Waals surface area contributed by atoms with Gasteiger partial charge in [0.05, 0.1) is 16.7 Å². The SMILES string of the molecule is c1ccc2cc(-c3ccc(N(c4ccc(-c5ccc6ccccc6c5)cc4)c4ccc(-c5ccc6c(c5)c5ccccc5n6-c5cccc6c5oc5ccccc56)cc4)cc3)ccc2c1. The van der Waals surface area contributed by atoms with Crippen LogP contribution in [0, 0.1) is 0 Å². The van der Waals surface area contributed by atoms with Gasteiger partial charge in [-0.25, -0.2) is 0 Å². The second-order valence-corrected chi connectivity index (χ2v) is 16.9. The third kappa shape index (κ3) is 6.28. The zero-order valence-corrected chi connectivity index (χ0v) is 35.4.